The summed E-state index contributed by atoms with van der Waals surface area (Å²) in [5, 5.41) is 0. The van der Waals surface area contributed by atoms with E-state index in [0.29, 0.717) is 11.1 Å². The first-order valence-electron chi connectivity index (χ1n) is 11.6. The highest BCUT2D eigenvalue weighted by Gasteiger charge is 2.23. The molecule has 0 saturated heterocycles. The SMILES string of the molecule is COC(=O)c1ccc(CN(Cc2ccc(C(=O)OCc3ccccc3)cc2)C(=O)OC(C)(C)C)cc1. The van der Waals surface area contributed by atoms with Gasteiger partial charge in [-0.2, -0.15) is 0 Å². The first-order chi connectivity index (χ1) is 17.1. The lowest BCUT2D eigenvalue weighted by Gasteiger charge is -2.27. The average molecular weight is 490 g/mol. The Kier molecular flexibility index (Phi) is 8.84. The van der Waals surface area contributed by atoms with E-state index < -0.39 is 23.6 Å². The van der Waals surface area contributed by atoms with Crippen molar-refractivity contribution < 1.29 is 28.6 Å². The summed E-state index contributed by atoms with van der Waals surface area (Å²) in [7, 11) is 1.33. The van der Waals surface area contributed by atoms with Gasteiger partial charge in [0.2, 0.25) is 0 Å². The maximum atomic E-state index is 12.9. The molecule has 3 rings (SSSR count). The van der Waals surface area contributed by atoms with Crippen molar-refractivity contribution in [2.45, 2.75) is 46.1 Å². The molecule has 3 aromatic rings. The van der Waals surface area contributed by atoms with Crippen LogP contribution in [0.5, 0.6) is 0 Å². The highest BCUT2D eigenvalue weighted by atomic mass is 16.6. The molecule has 0 fully saturated rings. The molecule has 0 bridgehead atoms. The molecule has 0 radical (unpaired) electrons. The summed E-state index contributed by atoms with van der Waals surface area (Å²) in [6.07, 6.45) is -0.467. The van der Waals surface area contributed by atoms with Gasteiger partial charge in [0, 0.05) is 13.1 Å². The third-order valence-corrected chi connectivity index (χ3v) is 5.18. The predicted octanol–water partition coefficient (Wildman–Crippen LogP) is 5.77. The van der Waals surface area contributed by atoms with E-state index in [1.54, 1.807) is 53.4 Å². The lowest BCUT2D eigenvalue weighted by molar-refractivity contribution is 0.0215. The molecule has 7 heteroatoms. The van der Waals surface area contributed by atoms with Crippen molar-refractivity contribution in [3.8, 4) is 0 Å². The first kappa shape index (κ1) is 26.5. The van der Waals surface area contributed by atoms with Gasteiger partial charge in [0.05, 0.1) is 18.2 Å². The third-order valence-electron chi connectivity index (χ3n) is 5.18. The van der Waals surface area contributed by atoms with Gasteiger partial charge < -0.3 is 14.2 Å². The van der Waals surface area contributed by atoms with Crippen LogP contribution in [0.1, 0.15) is 58.2 Å². The molecular weight excluding hydrogens is 458 g/mol. The van der Waals surface area contributed by atoms with Crippen LogP contribution in [0.15, 0.2) is 78.9 Å². The van der Waals surface area contributed by atoms with Crippen molar-refractivity contribution in [3.63, 3.8) is 0 Å². The number of amides is 1. The van der Waals surface area contributed by atoms with E-state index in [-0.39, 0.29) is 19.7 Å². The number of ether oxygens (including phenoxy) is 3. The summed E-state index contributed by atoms with van der Waals surface area (Å²) in [5.74, 6) is -0.840. The molecule has 3 aromatic carbocycles. The van der Waals surface area contributed by atoms with Crippen molar-refractivity contribution in [2.24, 2.45) is 0 Å². The summed E-state index contributed by atoms with van der Waals surface area (Å²) in [5.41, 5.74) is 2.77. The Bertz CT molecular complexity index is 1170. The van der Waals surface area contributed by atoms with E-state index in [1.807, 2.05) is 51.1 Å². The summed E-state index contributed by atoms with van der Waals surface area (Å²) in [6.45, 7) is 6.17. The van der Waals surface area contributed by atoms with Gasteiger partial charge in [-0.25, -0.2) is 14.4 Å². The fourth-order valence-corrected chi connectivity index (χ4v) is 3.37. The zero-order valence-electron chi connectivity index (χ0n) is 21.0. The van der Waals surface area contributed by atoms with E-state index in [9.17, 15) is 14.4 Å². The standard InChI is InChI=1S/C29H31NO6/c1-29(2,3)36-28(33)30(18-21-10-14-24(15-11-21)26(31)34-4)19-22-12-16-25(17-13-22)27(32)35-20-23-8-6-5-7-9-23/h5-17H,18-20H2,1-4H3. The fraction of sp³-hybridized carbons (Fsp3) is 0.276. The fourth-order valence-electron chi connectivity index (χ4n) is 3.37. The van der Waals surface area contributed by atoms with Crippen molar-refractivity contribution >= 4 is 18.0 Å². The van der Waals surface area contributed by atoms with Crippen molar-refractivity contribution in [3.05, 3.63) is 107 Å². The molecule has 0 unspecified atom stereocenters. The highest BCUT2D eigenvalue weighted by Crippen LogP contribution is 2.17. The van der Waals surface area contributed by atoms with Gasteiger partial charge in [0.25, 0.3) is 0 Å². The van der Waals surface area contributed by atoms with Crippen LogP contribution in [0.4, 0.5) is 4.79 Å². The number of esters is 2. The molecule has 188 valence electrons. The monoisotopic (exact) mass is 489 g/mol. The molecule has 0 N–H and O–H groups in total. The van der Waals surface area contributed by atoms with Crippen LogP contribution in [-0.2, 0) is 33.9 Å². The minimum Gasteiger partial charge on any atom is -0.465 e. The van der Waals surface area contributed by atoms with Crippen LogP contribution in [-0.4, -0.2) is 35.6 Å². The van der Waals surface area contributed by atoms with E-state index in [4.69, 9.17) is 14.2 Å². The second kappa shape index (κ2) is 12.0. The third kappa shape index (κ3) is 7.98. The van der Waals surface area contributed by atoms with E-state index in [2.05, 4.69) is 0 Å². The number of hydrogen-bond acceptors (Lipinski definition) is 6. The summed E-state index contributed by atoms with van der Waals surface area (Å²) >= 11 is 0. The Labute approximate surface area is 211 Å². The largest absolute Gasteiger partial charge is 0.465 e. The molecule has 0 saturated carbocycles. The first-order valence-corrected chi connectivity index (χ1v) is 11.6. The minimum atomic E-state index is -0.656. The van der Waals surface area contributed by atoms with Gasteiger partial charge in [-0.15, -0.1) is 0 Å². The summed E-state index contributed by atoms with van der Waals surface area (Å²) in [4.78, 5) is 38.6. The Balaban J connectivity index is 1.69. The average Bonchev–Trinajstić information content (AvgIpc) is 2.87. The predicted molar refractivity (Wildman–Crippen MR) is 135 cm³/mol. The Hall–Kier alpha value is -4.13. The van der Waals surface area contributed by atoms with Crippen LogP contribution in [0.25, 0.3) is 0 Å². The number of hydrogen-bond donors (Lipinski definition) is 0. The van der Waals surface area contributed by atoms with Gasteiger partial charge in [-0.05, 0) is 61.7 Å². The van der Waals surface area contributed by atoms with Crippen LogP contribution >= 0.6 is 0 Å². The molecular formula is C29H31NO6. The van der Waals surface area contributed by atoms with Gasteiger partial charge in [-0.3, -0.25) is 4.90 Å². The number of carbonyl (C=O) groups excluding carboxylic acids is 3. The van der Waals surface area contributed by atoms with Crippen LogP contribution in [0, 0.1) is 0 Å². The lowest BCUT2D eigenvalue weighted by Crippen LogP contribution is -2.36. The number of rotatable bonds is 8. The smallest absolute Gasteiger partial charge is 0.410 e. The molecule has 0 aliphatic carbocycles. The maximum absolute atomic E-state index is 12.9. The Morgan fingerprint density at radius 2 is 1.19 bits per heavy atom. The lowest BCUT2D eigenvalue weighted by atomic mass is 10.1. The van der Waals surface area contributed by atoms with Crippen LogP contribution in [0.2, 0.25) is 0 Å². The van der Waals surface area contributed by atoms with Crippen molar-refractivity contribution in [1.82, 2.24) is 4.90 Å². The second-order valence-electron chi connectivity index (χ2n) is 9.28. The maximum Gasteiger partial charge on any atom is 0.410 e. The Morgan fingerprint density at radius 3 is 1.67 bits per heavy atom. The normalized spacial score (nSPS) is 10.9. The quantitative estimate of drug-likeness (QED) is 0.295. The van der Waals surface area contributed by atoms with Gasteiger partial charge in [0.1, 0.15) is 12.2 Å². The molecule has 0 spiro atoms. The second-order valence-corrected chi connectivity index (χ2v) is 9.28. The van der Waals surface area contributed by atoms with Gasteiger partial charge in [0.15, 0.2) is 0 Å². The molecule has 36 heavy (non-hydrogen) atoms. The number of carbonyl (C=O) groups is 3. The molecule has 0 atom stereocenters. The zero-order valence-corrected chi connectivity index (χ0v) is 21.0. The van der Waals surface area contributed by atoms with Crippen molar-refractivity contribution in [1.29, 1.82) is 0 Å². The Morgan fingerprint density at radius 1 is 0.694 bits per heavy atom. The highest BCUT2D eigenvalue weighted by molar-refractivity contribution is 5.89. The van der Waals surface area contributed by atoms with Crippen LogP contribution in [0.3, 0.4) is 0 Å². The molecule has 0 heterocycles. The number of methoxy groups -OCH3 is 1. The topological polar surface area (TPSA) is 82.1 Å². The summed E-state index contributed by atoms with van der Waals surface area (Å²) < 4.78 is 15.7. The minimum absolute atomic E-state index is 0.197. The number of nitrogens with zero attached hydrogens (tertiary/aromatic N) is 1. The van der Waals surface area contributed by atoms with E-state index >= 15 is 0 Å². The molecule has 0 aliphatic rings. The zero-order chi connectivity index (χ0) is 26.1. The van der Waals surface area contributed by atoms with Gasteiger partial charge >= 0.3 is 18.0 Å². The van der Waals surface area contributed by atoms with Crippen molar-refractivity contribution in [2.75, 3.05) is 7.11 Å². The molecule has 1 amide bonds. The van der Waals surface area contributed by atoms with Crippen LogP contribution < -0.4 is 0 Å². The number of benzene rings is 3. The van der Waals surface area contributed by atoms with Gasteiger partial charge in [-0.1, -0.05) is 54.6 Å². The van der Waals surface area contributed by atoms with E-state index in [1.165, 1.54) is 7.11 Å². The summed E-state index contributed by atoms with van der Waals surface area (Å²) in [6, 6.07) is 23.3. The molecule has 7 nitrogen and oxygen atoms in total. The molecule has 0 aromatic heterocycles. The van der Waals surface area contributed by atoms with E-state index in [0.717, 1.165) is 16.7 Å². The molecule has 0 aliphatic heterocycles.